The zero-order valence-electron chi connectivity index (χ0n) is 6.95. The van der Waals surface area contributed by atoms with E-state index in [0.29, 0.717) is 0 Å². The van der Waals surface area contributed by atoms with Gasteiger partial charge in [-0.05, 0) is 18.1 Å². The van der Waals surface area contributed by atoms with Gasteiger partial charge in [0, 0.05) is 19.5 Å². The van der Waals surface area contributed by atoms with E-state index in [1.54, 1.807) is 13.3 Å². The fraction of sp³-hybridized carbons (Fsp3) is 0.444. The lowest BCUT2D eigenvalue weighted by Gasteiger charge is -2.11. The summed E-state index contributed by atoms with van der Waals surface area (Å²) in [5, 5.41) is 0. The van der Waals surface area contributed by atoms with E-state index in [-0.39, 0.29) is 6.10 Å². The SMILES string of the molecule is CCC(OC)c1cccnc1. The largest absolute Gasteiger partial charge is 0.377 e. The molecule has 0 spiro atoms. The molecule has 0 bridgehead atoms. The molecule has 11 heavy (non-hydrogen) atoms. The highest BCUT2D eigenvalue weighted by Gasteiger charge is 2.05. The molecule has 0 aliphatic rings. The average Bonchev–Trinajstić information content (AvgIpc) is 2.09. The van der Waals surface area contributed by atoms with Gasteiger partial charge in [-0.1, -0.05) is 13.0 Å². The number of ether oxygens (including phenoxy) is 1. The molecule has 0 aliphatic heterocycles. The molecular formula is C9H13NO. The highest BCUT2D eigenvalue weighted by molar-refractivity contribution is 5.11. The number of pyridine rings is 1. The third kappa shape index (κ3) is 2.02. The molecule has 1 rings (SSSR count). The molecule has 1 aromatic heterocycles. The van der Waals surface area contributed by atoms with E-state index in [0.717, 1.165) is 12.0 Å². The van der Waals surface area contributed by atoms with Gasteiger partial charge in [0.25, 0.3) is 0 Å². The van der Waals surface area contributed by atoms with Gasteiger partial charge < -0.3 is 4.74 Å². The third-order valence-corrected chi connectivity index (χ3v) is 1.71. The summed E-state index contributed by atoms with van der Waals surface area (Å²) in [6.45, 7) is 2.10. The van der Waals surface area contributed by atoms with E-state index in [4.69, 9.17) is 4.74 Å². The Morgan fingerprint density at radius 3 is 2.91 bits per heavy atom. The lowest BCUT2D eigenvalue weighted by atomic mass is 10.1. The molecule has 1 heterocycles. The maximum absolute atomic E-state index is 5.25. The predicted molar refractivity (Wildman–Crippen MR) is 44.3 cm³/mol. The Balaban J connectivity index is 2.74. The molecule has 1 atom stereocenters. The first-order valence-electron chi connectivity index (χ1n) is 3.81. The van der Waals surface area contributed by atoms with Crippen molar-refractivity contribution in [3.8, 4) is 0 Å². The fourth-order valence-electron chi connectivity index (χ4n) is 1.10. The van der Waals surface area contributed by atoms with Crippen LogP contribution >= 0.6 is 0 Å². The molecule has 0 saturated carbocycles. The molecule has 60 valence electrons. The minimum absolute atomic E-state index is 0.198. The molecule has 2 heteroatoms. The second-order valence-corrected chi connectivity index (χ2v) is 2.42. The Morgan fingerprint density at radius 1 is 1.64 bits per heavy atom. The number of nitrogens with zero attached hydrogens (tertiary/aromatic N) is 1. The van der Waals surface area contributed by atoms with Crippen LogP contribution in [0.5, 0.6) is 0 Å². The van der Waals surface area contributed by atoms with Gasteiger partial charge in [0.05, 0.1) is 6.10 Å². The number of aromatic nitrogens is 1. The van der Waals surface area contributed by atoms with Crippen molar-refractivity contribution in [1.29, 1.82) is 0 Å². The van der Waals surface area contributed by atoms with E-state index in [1.165, 1.54) is 0 Å². The predicted octanol–water partition coefficient (Wildman–Crippen LogP) is 2.18. The first-order valence-corrected chi connectivity index (χ1v) is 3.81. The molecular weight excluding hydrogens is 138 g/mol. The van der Waals surface area contributed by atoms with E-state index in [1.807, 2.05) is 18.3 Å². The smallest absolute Gasteiger partial charge is 0.0833 e. The summed E-state index contributed by atoms with van der Waals surface area (Å²) in [5.74, 6) is 0. The van der Waals surface area contributed by atoms with Crippen LogP contribution in [0.15, 0.2) is 24.5 Å². The van der Waals surface area contributed by atoms with Crippen LogP contribution in [0.1, 0.15) is 25.0 Å². The fourth-order valence-corrected chi connectivity index (χ4v) is 1.10. The van der Waals surface area contributed by atoms with Crippen molar-refractivity contribution >= 4 is 0 Å². The van der Waals surface area contributed by atoms with Gasteiger partial charge in [-0.3, -0.25) is 4.98 Å². The molecule has 1 unspecified atom stereocenters. The zero-order valence-corrected chi connectivity index (χ0v) is 6.95. The summed E-state index contributed by atoms with van der Waals surface area (Å²) in [4.78, 5) is 4.02. The van der Waals surface area contributed by atoms with Crippen molar-refractivity contribution in [2.24, 2.45) is 0 Å². The number of rotatable bonds is 3. The molecule has 0 fully saturated rings. The van der Waals surface area contributed by atoms with Gasteiger partial charge in [-0.15, -0.1) is 0 Å². The van der Waals surface area contributed by atoms with Gasteiger partial charge in [0.2, 0.25) is 0 Å². The zero-order chi connectivity index (χ0) is 8.10. The highest BCUT2D eigenvalue weighted by Crippen LogP contribution is 2.17. The molecule has 0 saturated heterocycles. The Kier molecular flexibility index (Phi) is 3.05. The first kappa shape index (κ1) is 8.21. The normalized spacial score (nSPS) is 12.9. The van der Waals surface area contributed by atoms with Gasteiger partial charge in [-0.25, -0.2) is 0 Å². The van der Waals surface area contributed by atoms with E-state index >= 15 is 0 Å². The van der Waals surface area contributed by atoms with Crippen molar-refractivity contribution in [2.45, 2.75) is 19.4 Å². The quantitative estimate of drug-likeness (QED) is 0.660. The molecule has 0 amide bonds. The summed E-state index contributed by atoms with van der Waals surface area (Å²) in [6.07, 6.45) is 4.80. The molecule has 2 nitrogen and oxygen atoms in total. The number of hydrogen-bond acceptors (Lipinski definition) is 2. The monoisotopic (exact) mass is 151 g/mol. The summed E-state index contributed by atoms with van der Waals surface area (Å²) in [7, 11) is 1.72. The summed E-state index contributed by atoms with van der Waals surface area (Å²) >= 11 is 0. The second kappa shape index (κ2) is 4.09. The number of methoxy groups -OCH3 is 1. The van der Waals surface area contributed by atoms with Crippen LogP contribution in [-0.2, 0) is 4.74 Å². The maximum atomic E-state index is 5.25. The van der Waals surface area contributed by atoms with Crippen molar-refractivity contribution < 1.29 is 4.74 Å². The van der Waals surface area contributed by atoms with Crippen LogP contribution in [0.25, 0.3) is 0 Å². The van der Waals surface area contributed by atoms with Crippen molar-refractivity contribution in [2.75, 3.05) is 7.11 Å². The molecule has 0 aliphatic carbocycles. The van der Waals surface area contributed by atoms with Crippen LogP contribution in [0.4, 0.5) is 0 Å². The minimum Gasteiger partial charge on any atom is -0.377 e. The summed E-state index contributed by atoms with van der Waals surface area (Å²) < 4.78 is 5.25. The lowest BCUT2D eigenvalue weighted by Crippen LogP contribution is -1.99. The van der Waals surface area contributed by atoms with Gasteiger partial charge in [0.1, 0.15) is 0 Å². The van der Waals surface area contributed by atoms with Crippen LogP contribution in [0.3, 0.4) is 0 Å². The van der Waals surface area contributed by atoms with Gasteiger partial charge in [-0.2, -0.15) is 0 Å². The van der Waals surface area contributed by atoms with E-state index in [9.17, 15) is 0 Å². The Hall–Kier alpha value is -0.890. The van der Waals surface area contributed by atoms with Crippen LogP contribution < -0.4 is 0 Å². The minimum atomic E-state index is 0.198. The Morgan fingerprint density at radius 2 is 2.45 bits per heavy atom. The van der Waals surface area contributed by atoms with Crippen molar-refractivity contribution in [3.63, 3.8) is 0 Å². The van der Waals surface area contributed by atoms with E-state index < -0.39 is 0 Å². The third-order valence-electron chi connectivity index (χ3n) is 1.71. The van der Waals surface area contributed by atoms with Gasteiger partial charge in [0.15, 0.2) is 0 Å². The summed E-state index contributed by atoms with van der Waals surface area (Å²) in [6, 6.07) is 3.96. The molecule has 0 aromatic carbocycles. The summed E-state index contributed by atoms with van der Waals surface area (Å²) in [5.41, 5.74) is 1.15. The van der Waals surface area contributed by atoms with E-state index in [2.05, 4.69) is 11.9 Å². The number of hydrogen-bond donors (Lipinski definition) is 0. The maximum Gasteiger partial charge on any atom is 0.0833 e. The Bertz CT molecular complexity index is 194. The van der Waals surface area contributed by atoms with Crippen LogP contribution in [0, 0.1) is 0 Å². The second-order valence-electron chi connectivity index (χ2n) is 2.42. The van der Waals surface area contributed by atoms with Crippen molar-refractivity contribution in [3.05, 3.63) is 30.1 Å². The Labute approximate surface area is 67.2 Å². The lowest BCUT2D eigenvalue weighted by molar-refractivity contribution is 0.0997. The average molecular weight is 151 g/mol. The molecule has 0 N–H and O–H groups in total. The van der Waals surface area contributed by atoms with Crippen LogP contribution in [0.2, 0.25) is 0 Å². The first-order chi connectivity index (χ1) is 5.38. The topological polar surface area (TPSA) is 22.1 Å². The highest BCUT2D eigenvalue weighted by atomic mass is 16.5. The van der Waals surface area contributed by atoms with Crippen molar-refractivity contribution in [1.82, 2.24) is 4.98 Å². The standard InChI is InChI=1S/C9H13NO/c1-3-9(11-2)8-5-4-6-10-7-8/h4-7,9H,3H2,1-2H3. The molecule has 0 radical (unpaired) electrons. The van der Waals surface area contributed by atoms with Crippen LogP contribution in [-0.4, -0.2) is 12.1 Å². The van der Waals surface area contributed by atoms with Gasteiger partial charge >= 0.3 is 0 Å². The molecule has 1 aromatic rings.